The first-order valence-corrected chi connectivity index (χ1v) is 10.1. The topological polar surface area (TPSA) is 66.0 Å². The second-order valence-electron chi connectivity index (χ2n) is 7.07. The van der Waals surface area contributed by atoms with E-state index in [9.17, 15) is 4.79 Å². The number of thioether (sulfide) groups is 1. The number of rotatable bonds is 5. The number of hydrogen-bond acceptors (Lipinski definition) is 4. The average molecular weight is 357 g/mol. The van der Waals surface area contributed by atoms with E-state index in [1.54, 1.807) is 19.0 Å². The molecule has 6 nitrogen and oxygen atoms in total. The molecule has 0 saturated carbocycles. The van der Waals surface area contributed by atoms with Crippen LogP contribution < -0.4 is 10.6 Å². The molecule has 2 heterocycles. The molecule has 0 aromatic heterocycles. The molecule has 2 aliphatic rings. The number of nitrogens with one attached hydrogen (secondary N) is 2. The number of carbonyl (C=O) groups excluding carboxylic acids is 1. The average Bonchev–Trinajstić information content (AvgIpc) is 2.99. The Morgan fingerprint density at radius 2 is 2.29 bits per heavy atom. The van der Waals surface area contributed by atoms with Crippen molar-refractivity contribution in [2.24, 2.45) is 4.99 Å². The highest BCUT2D eigenvalue weighted by atomic mass is 32.2. The first kappa shape index (κ1) is 19.4. The highest BCUT2D eigenvalue weighted by Gasteiger charge is 2.40. The van der Waals surface area contributed by atoms with Gasteiger partial charge in [-0.3, -0.25) is 4.79 Å². The molecule has 7 heteroatoms. The maximum absolute atomic E-state index is 11.8. The summed E-state index contributed by atoms with van der Waals surface area (Å²) in [7, 11) is 3.51. The van der Waals surface area contributed by atoms with Crippen molar-refractivity contribution in [3.05, 3.63) is 0 Å². The van der Waals surface area contributed by atoms with Crippen molar-refractivity contribution >= 4 is 23.6 Å². The van der Waals surface area contributed by atoms with Crippen molar-refractivity contribution in [3.8, 4) is 0 Å². The summed E-state index contributed by atoms with van der Waals surface area (Å²) in [6.45, 7) is 5.23. The molecule has 0 aromatic rings. The zero-order chi connectivity index (χ0) is 17.6. The van der Waals surface area contributed by atoms with E-state index in [1.165, 1.54) is 5.75 Å². The predicted molar refractivity (Wildman–Crippen MR) is 101 cm³/mol. The molecule has 138 valence electrons. The third-order valence-electron chi connectivity index (χ3n) is 4.77. The first-order chi connectivity index (χ1) is 11.4. The van der Waals surface area contributed by atoms with Gasteiger partial charge in [0.05, 0.1) is 5.60 Å². The lowest BCUT2D eigenvalue weighted by Gasteiger charge is -2.38. The quantitative estimate of drug-likeness (QED) is 0.577. The summed E-state index contributed by atoms with van der Waals surface area (Å²) in [6, 6.07) is 0.670. The van der Waals surface area contributed by atoms with Crippen LogP contribution in [0.4, 0.5) is 0 Å². The lowest BCUT2D eigenvalue weighted by Crippen LogP contribution is -2.53. The Morgan fingerprint density at radius 3 is 2.92 bits per heavy atom. The fourth-order valence-electron chi connectivity index (χ4n) is 2.96. The van der Waals surface area contributed by atoms with Crippen molar-refractivity contribution in [1.82, 2.24) is 15.5 Å². The molecular weight excluding hydrogens is 324 g/mol. The molecule has 3 atom stereocenters. The van der Waals surface area contributed by atoms with E-state index in [0.29, 0.717) is 12.1 Å². The van der Waals surface area contributed by atoms with Crippen LogP contribution in [0.5, 0.6) is 0 Å². The minimum absolute atomic E-state index is 0.0101. The summed E-state index contributed by atoms with van der Waals surface area (Å²) in [5.74, 6) is 3.04. The molecule has 24 heavy (non-hydrogen) atoms. The molecule has 0 aromatic carbocycles. The van der Waals surface area contributed by atoms with Crippen LogP contribution in [0, 0.1) is 0 Å². The predicted octanol–water partition coefficient (Wildman–Crippen LogP) is 1.46. The molecule has 0 radical (unpaired) electrons. The smallest absolute Gasteiger partial charge is 0.243 e. The highest BCUT2D eigenvalue weighted by molar-refractivity contribution is 7.99. The van der Waals surface area contributed by atoms with Crippen LogP contribution in [-0.2, 0) is 9.53 Å². The molecule has 2 saturated heterocycles. The maximum atomic E-state index is 11.8. The van der Waals surface area contributed by atoms with E-state index in [0.717, 1.165) is 44.0 Å². The van der Waals surface area contributed by atoms with Crippen molar-refractivity contribution in [1.29, 1.82) is 0 Å². The van der Waals surface area contributed by atoms with Gasteiger partial charge in [-0.25, -0.2) is 4.99 Å². The Hall–Kier alpha value is -0.950. The number of ether oxygens (including phenoxy) is 1. The van der Waals surface area contributed by atoms with E-state index < -0.39 is 0 Å². The van der Waals surface area contributed by atoms with Crippen LogP contribution in [-0.4, -0.2) is 73.2 Å². The van der Waals surface area contributed by atoms with Gasteiger partial charge in [0, 0.05) is 38.5 Å². The third-order valence-corrected chi connectivity index (χ3v) is 5.99. The first-order valence-electron chi connectivity index (χ1n) is 8.93. The van der Waals surface area contributed by atoms with Gasteiger partial charge < -0.3 is 20.3 Å². The van der Waals surface area contributed by atoms with Crippen LogP contribution in [0.1, 0.15) is 39.5 Å². The Kier molecular flexibility index (Phi) is 7.22. The number of likely N-dealkylation sites (N-methyl/N-ethyl adjacent to an activating group) is 1. The lowest BCUT2D eigenvalue weighted by molar-refractivity contribution is -0.127. The van der Waals surface area contributed by atoms with Gasteiger partial charge in [-0.2, -0.15) is 11.8 Å². The summed E-state index contributed by atoms with van der Waals surface area (Å²) in [6.07, 6.45) is 4.15. The number of hydrogen-bond donors (Lipinski definition) is 2. The number of amides is 1. The molecule has 2 N–H and O–H groups in total. The van der Waals surface area contributed by atoms with Crippen LogP contribution in [0.25, 0.3) is 0 Å². The van der Waals surface area contributed by atoms with Gasteiger partial charge in [0.25, 0.3) is 0 Å². The Morgan fingerprint density at radius 1 is 1.50 bits per heavy atom. The monoisotopic (exact) mass is 356 g/mol. The molecular formula is C17H32N4O2S. The van der Waals surface area contributed by atoms with E-state index in [2.05, 4.69) is 29.5 Å². The van der Waals surface area contributed by atoms with Crippen LogP contribution in [0.15, 0.2) is 4.99 Å². The summed E-state index contributed by atoms with van der Waals surface area (Å²) in [5, 5.41) is 6.95. The van der Waals surface area contributed by atoms with Gasteiger partial charge in [-0.15, -0.1) is 0 Å². The molecule has 0 bridgehead atoms. The second kappa shape index (κ2) is 8.94. The van der Waals surface area contributed by atoms with Crippen LogP contribution in [0.3, 0.4) is 0 Å². The largest absolute Gasteiger partial charge is 0.374 e. The van der Waals surface area contributed by atoms with Gasteiger partial charge in [0.1, 0.15) is 6.54 Å². The van der Waals surface area contributed by atoms with Crippen molar-refractivity contribution < 1.29 is 9.53 Å². The zero-order valence-electron chi connectivity index (χ0n) is 15.4. The molecule has 2 aliphatic heterocycles. The molecule has 0 aliphatic carbocycles. The van der Waals surface area contributed by atoms with E-state index in [4.69, 9.17) is 4.74 Å². The van der Waals surface area contributed by atoms with Crippen molar-refractivity contribution in [2.45, 2.75) is 57.2 Å². The highest BCUT2D eigenvalue weighted by Crippen LogP contribution is 2.38. The van der Waals surface area contributed by atoms with Crippen molar-refractivity contribution in [3.63, 3.8) is 0 Å². The standard InChI is InChI=1S/C17H32N4O2S/c1-5-13(2)19-16(18-11-15(22)21(3)4)20-14-6-8-23-17(10-14)7-9-24-12-17/h13-14H,5-12H2,1-4H3,(H2,18,19,20). The molecule has 1 spiro atoms. The number of carbonyl (C=O) groups is 1. The lowest BCUT2D eigenvalue weighted by atomic mass is 9.90. The molecule has 1 amide bonds. The van der Waals surface area contributed by atoms with Crippen molar-refractivity contribution in [2.75, 3.05) is 38.8 Å². The molecule has 2 rings (SSSR count). The zero-order valence-corrected chi connectivity index (χ0v) is 16.2. The van der Waals surface area contributed by atoms with E-state index in [-0.39, 0.29) is 18.1 Å². The summed E-state index contributed by atoms with van der Waals surface area (Å²) in [5.41, 5.74) is 0.0432. The maximum Gasteiger partial charge on any atom is 0.243 e. The minimum Gasteiger partial charge on any atom is -0.374 e. The summed E-state index contributed by atoms with van der Waals surface area (Å²) in [4.78, 5) is 17.9. The van der Waals surface area contributed by atoms with E-state index in [1.807, 2.05) is 11.8 Å². The summed E-state index contributed by atoms with van der Waals surface area (Å²) >= 11 is 1.98. The normalized spacial score (nSPS) is 28.7. The summed E-state index contributed by atoms with van der Waals surface area (Å²) < 4.78 is 6.09. The minimum atomic E-state index is 0.0101. The SMILES string of the molecule is CCC(C)NC(=NCC(=O)N(C)C)NC1CCOC2(CCSC2)C1. The van der Waals surface area contributed by atoms with E-state index >= 15 is 0 Å². The number of guanidine groups is 1. The Bertz CT molecular complexity index is 450. The van der Waals surface area contributed by atoms with Crippen LogP contribution >= 0.6 is 11.8 Å². The molecule has 2 fully saturated rings. The van der Waals surface area contributed by atoms with Gasteiger partial charge in [-0.1, -0.05) is 6.92 Å². The van der Waals surface area contributed by atoms with Crippen LogP contribution in [0.2, 0.25) is 0 Å². The fourth-order valence-corrected chi connectivity index (χ4v) is 4.34. The Balaban J connectivity index is 1.98. The van der Waals surface area contributed by atoms with Gasteiger partial charge >= 0.3 is 0 Å². The van der Waals surface area contributed by atoms with Gasteiger partial charge in [0.15, 0.2) is 5.96 Å². The Labute approximate surface area is 150 Å². The third kappa shape index (κ3) is 5.55. The second-order valence-corrected chi connectivity index (χ2v) is 8.18. The number of aliphatic imine (C=N–C) groups is 1. The fraction of sp³-hybridized carbons (Fsp3) is 0.882. The van der Waals surface area contributed by atoms with Gasteiger partial charge in [-0.05, 0) is 38.4 Å². The van der Waals surface area contributed by atoms with Gasteiger partial charge in [0.2, 0.25) is 5.91 Å². The molecule has 3 unspecified atom stereocenters. The number of nitrogens with zero attached hydrogens (tertiary/aromatic N) is 2.